The Balaban J connectivity index is 1.93. The van der Waals surface area contributed by atoms with Crippen LogP contribution in [0, 0.1) is 6.92 Å². The molecule has 5 nitrogen and oxygen atoms in total. The molecule has 0 aliphatic carbocycles. The summed E-state index contributed by atoms with van der Waals surface area (Å²) in [5.74, 6) is -0.652. The number of hydrogen-bond acceptors (Lipinski definition) is 5. The Bertz CT molecular complexity index is 817. The van der Waals surface area contributed by atoms with Gasteiger partial charge in [-0.3, -0.25) is 9.59 Å². The van der Waals surface area contributed by atoms with Crippen LogP contribution in [0.2, 0.25) is 0 Å². The fourth-order valence-electron chi connectivity index (χ4n) is 2.26. The van der Waals surface area contributed by atoms with Gasteiger partial charge in [-0.05, 0) is 38.5 Å². The van der Waals surface area contributed by atoms with Gasteiger partial charge in [0.1, 0.15) is 5.78 Å². The minimum Gasteiger partial charge on any atom is -0.449 e. The monoisotopic (exact) mass is 385 g/mol. The quantitative estimate of drug-likeness (QED) is 0.556. The summed E-state index contributed by atoms with van der Waals surface area (Å²) >= 11 is 1.28. The van der Waals surface area contributed by atoms with E-state index in [-0.39, 0.29) is 17.4 Å². The van der Waals surface area contributed by atoms with Crippen molar-refractivity contribution in [2.75, 3.05) is 5.75 Å². The molecule has 0 saturated heterocycles. The number of esters is 1. The number of carbonyl (C=O) groups excluding carboxylic acids is 3. The number of carbonyl (C=O) groups is 3. The van der Waals surface area contributed by atoms with Crippen LogP contribution in [-0.2, 0) is 20.9 Å². The Labute approximate surface area is 163 Å². The number of aryl methyl sites for hydroxylation is 1. The molecular weight excluding hydrogens is 362 g/mol. The third-order valence-corrected chi connectivity index (χ3v) is 5.00. The maximum Gasteiger partial charge on any atom is 0.340 e. The average Bonchev–Trinajstić information content (AvgIpc) is 2.65. The number of Topliss-reactive ketones (excluding diaryl/α,β-unsaturated/α-hetero) is 1. The summed E-state index contributed by atoms with van der Waals surface area (Å²) in [6.07, 6.45) is -0.922. The first kappa shape index (κ1) is 20.7. The second-order valence-corrected chi connectivity index (χ2v) is 7.25. The zero-order chi connectivity index (χ0) is 19.8. The van der Waals surface area contributed by atoms with E-state index in [0.29, 0.717) is 17.0 Å². The normalized spacial score (nSPS) is 11.5. The lowest BCUT2D eigenvalue weighted by atomic mass is 10.1. The maximum absolute atomic E-state index is 12.4. The lowest BCUT2D eigenvalue weighted by Crippen LogP contribution is -2.35. The van der Waals surface area contributed by atoms with Crippen LogP contribution < -0.4 is 5.32 Å². The predicted molar refractivity (Wildman–Crippen MR) is 106 cm³/mol. The van der Waals surface area contributed by atoms with E-state index in [1.54, 1.807) is 24.3 Å². The molecule has 0 aromatic heterocycles. The van der Waals surface area contributed by atoms with Crippen LogP contribution >= 0.6 is 11.8 Å². The second-order valence-electron chi connectivity index (χ2n) is 6.24. The molecule has 0 radical (unpaired) electrons. The summed E-state index contributed by atoms with van der Waals surface area (Å²) in [5.41, 5.74) is 2.47. The number of thioether (sulfide) groups is 1. The number of benzene rings is 2. The molecule has 0 fully saturated rings. The lowest BCUT2D eigenvalue weighted by molar-refractivity contribution is -0.129. The highest BCUT2D eigenvalue weighted by molar-refractivity contribution is 8.00. The first-order valence-electron chi connectivity index (χ1n) is 8.62. The van der Waals surface area contributed by atoms with Gasteiger partial charge >= 0.3 is 5.97 Å². The van der Waals surface area contributed by atoms with Crippen LogP contribution in [0.3, 0.4) is 0 Å². The molecule has 142 valence electrons. The predicted octanol–water partition coefficient (Wildman–Crippen LogP) is 3.54. The van der Waals surface area contributed by atoms with E-state index in [2.05, 4.69) is 5.32 Å². The Hall–Kier alpha value is -2.60. The van der Waals surface area contributed by atoms with Gasteiger partial charge in [0.05, 0.1) is 11.3 Å². The van der Waals surface area contributed by atoms with Crippen molar-refractivity contribution in [2.24, 2.45) is 0 Å². The van der Waals surface area contributed by atoms with Crippen LogP contribution in [0.4, 0.5) is 0 Å². The van der Waals surface area contributed by atoms with Crippen molar-refractivity contribution in [2.45, 2.75) is 38.3 Å². The van der Waals surface area contributed by atoms with E-state index in [1.807, 2.05) is 31.2 Å². The smallest absolute Gasteiger partial charge is 0.340 e. The van der Waals surface area contributed by atoms with Gasteiger partial charge < -0.3 is 10.1 Å². The van der Waals surface area contributed by atoms with E-state index in [4.69, 9.17) is 4.74 Å². The molecule has 6 heteroatoms. The molecule has 1 N–H and O–H groups in total. The fourth-order valence-corrected chi connectivity index (χ4v) is 3.10. The summed E-state index contributed by atoms with van der Waals surface area (Å²) in [7, 11) is 0. The zero-order valence-electron chi connectivity index (χ0n) is 15.7. The molecule has 0 unspecified atom stereocenters. The van der Waals surface area contributed by atoms with Crippen LogP contribution in [-0.4, -0.2) is 29.5 Å². The molecule has 2 aromatic carbocycles. The number of hydrogen-bond donors (Lipinski definition) is 1. The van der Waals surface area contributed by atoms with Gasteiger partial charge in [0.25, 0.3) is 5.91 Å². The number of rotatable bonds is 8. The molecule has 2 aromatic rings. The molecule has 2 rings (SSSR count). The van der Waals surface area contributed by atoms with Crippen molar-refractivity contribution < 1.29 is 19.1 Å². The summed E-state index contributed by atoms with van der Waals surface area (Å²) in [6, 6.07) is 14.7. The highest BCUT2D eigenvalue weighted by Crippen LogP contribution is 2.23. The van der Waals surface area contributed by atoms with Crippen molar-refractivity contribution in [3.63, 3.8) is 0 Å². The lowest BCUT2D eigenvalue weighted by Gasteiger charge is -2.15. The SMILES string of the molecule is CC(=O)CSc1ccccc1C(=O)O[C@@H](C)C(=O)NCc1ccc(C)cc1. The molecule has 0 aliphatic heterocycles. The number of nitrogens with one attached hydrogen (secondary N) is 1. The standard InChI is InChI=1S/C21H23NO4S/c1-14-8-10-17(11-9-14)12-22-20(24)16(3)26-21(25)18-6-4-5-7-19(18)27-13-15(2)23/h4-11,16H,12-13H2,1-3H3,(H,22,24)/t16-/m0/s1. The number of amides is 1. The van der Waals surface area contributed by atoms with Gasteiger partial charge in [0, 0.05) is 11.4 Å². The van der Waals surface area contributed by atoms with Crippen molar-refractivity contribution in [3.05, 3.63) is 65.2 Å². The molecule has 0 heterocycles. The fraction of sp³-hybridized carbons (Fsp3) is 0.286. The van der Waals surface area contributed by atoms with Gasteiger partial charge in [-0.15, -0.1) is 11.8 Å². The first-order chi connectivity index (χ1) is 12.9. The van der Waals surface area contributed by atoms with Gasteiger partial charge in [0.2, 0.25) is 0 Å². The van der Waals surface area contributed by atoms with Crippen LogP contribution in [0.5, 0.6) is 0 Å². The molecule has 0 spiro atoms. The molecule has 0 bridgehead atoms. The minimum absolute atomic E-state index is 0.0204. The van der Waals surface area contributed by atoms with Crippen molar-refractivity contribution in [1.82, 2.24) is 5.32 Å². The zero-order valence-corrected chi connectivity index (χ0v) is 16.5. The van der Waals surface area contributed by atoms with Crippen molar-refractivity contribution >= 4 is 29.4 Å². The molecule has 27 heavy (non-hydrogen) atoms. The van der Waals surface area contributed by atoms with Crippen molar-refractivity contribution in [1.29, 1.82) is 0 Å². The number of ketones is 1. The average molecular weight is 385 g/mol. The Morgan fingerprint density at radius 1 is 1.07 bits per heavy atom. The molecule has 1 atom stereocenters. The Morgan fingerprint density at radius 3 is 2.41 bits per heavy atom. The van der Waals surface area contributed by atoms with Crippen LogP contribution in [0.1, 0.15) is 35.3 Å². The van der Waals surface area contributed by atoms with Gasteiger partial charge in [0.15, 0.2) is 6.10 Å². The third kappa shape index (κ3) is 6.57. The van der Waals surface area contributed by atoms with Crippen LogP contribution in [0.25, 0.3) is 0 Å². The van der Waals surface area contributed by atoms with Gasteiger partial charge in [-0.25, -0.2) is 4.79 Å². The van der Waals surface area contributed by atoms with E-state index in [9.17, 15) is 14.4 Å². The first-order valence-corrected chi connectivity index (χ1v) is 9.61. The summed E-state index contributed by atoms with van der Waals surface area (Å²) in [4.78, 5) is 36.5. The van der Waals surface area contributed by atoms with E-state index >= 15 is 0 Å². The Kier molecular flexibility index (Phi) is 7.61. The topological polar surface area (TPSA) is 72.5 Å². The number of ether oxygens (including phenoxy) is 1. The second kappa shape index (κ2) is 9.92. The maximum atomic E-state index is 12.4. The van der Waals surface area contributed by atoms with E-state index in [1.165, 1.54) is 25.6 Å². The highest BCUT2D eigenvalue weighted by atomic mass is 32.2. The molecular formula is C21H23NO4S. The van der Waals surface area contributed by atoms with Crippen LogP contribution in [0.15, 0.2) is 53.4 Å². The van der Waals surface area contributed by atoms with E-state index < -0.39 is 12.1 Å². The van der Waals surface area contributed by atoms with Gasteiger partial charge in [-0.2, -0.15) is 0 Å². The largest absolute Gasteiger partial charge is 0.449 e. The third-order valence-electron chi connectivity index (χ3n) is 3.78. The molecule has 0 aliphatic rings. The molecule has 1 amide bonds. The highest BCUT2D eigenvalue weighted by Gasteiger charge is 2.20. The van der Waals surface area contributed by atoms with Crippen molar-refractivity contribution in [3.8, 4) is 0 Å². The van der Waals surface area contributed by atoms with Gasteiger partial charge in [-0.1, -0.05) is 42.0 Å². The minimum atomic E-state index is -0.922. The Morgan fingerprint density at radius 2 is 1.74 bits per heavy atom. The molecule has 0 saturated carbocycles. The summed E-state index contributed by atoms with van der Waals surface area (Å²) in [6.45, 7) is 5.39. The summed E-state index contributed by atoms with van der Waals surface area (Å²) < 4.78 is 5.30. The van der Waals surface area contributed by atoms with E-state index in [0.717, 1.165) is 11.1 Å². The summed E-state index contributed by atoms with van der Waals surface area (Å²) in [5, 5.41) is 2.76.